The fourth-order valence-corrected chi connectivity index (χ4v) is 1.67. The molecule has 0 radical (unpaired) electrons. The number of methoxy groups -OCH3 is 1. The number of carbonyl (C=O) groups excluding carboxylic acids is 1. The molecule has 1 unspecified atom stereocenters. The lowest BCUT2D eigenvalue weighted by molar-refractivity contribution is -0.141. The highest BCUT2D eigenvalue weighted by Crippen LogP contribution is 2.15. The van der Waals surface area contributed by atoms with Gasteiger partial charge in [-0.05, 0) is 5.56 Å². The smallest absolute Gasteiger partial charge is 0.256 e. The number of ether oxygens (including phenoxy) is 1. The van der Waals surface area contributed by atoms with Gasteiger partial charge in [-0.15, -0.1) is 0 Å². The zero-order valence-electron chi connectivity index (χ0n) is 11.0. The molecular formula is C14H18N2O3. The molecule has 0 aromatic heterocycles. The highest BCUT2D eigenvalue weighted by Gasteiger charge is 2.23. The average molecular weight is 262 g/mol. The van der Waals surface area contributed by atoms with Crippen LogP contribution in [-0.4, -0.2) is 42.7 Å². The summed E-state index contributed by atoms with van der Waals surface area (Å²) in [4.78, 5) is 13.6. The molecular weight excluding hydrogens is 244 g/mol. The minimum absolute atomic E-state index is 0.233. The summed E-state index contributed by atoms with van der Waals surface area (Å²) in [7, 11) is 1.54. The van der Waals surface area contributed by atoms with Gasteiger partial charge in [0.15, 0.2) is 6.10 Å². The molecule has 1 amide bonds. The zero-order valence-corrected chi connectivity index (χ0v) is 11.0. The highest BCUT2D eigenvalue weighted by molar-refractivity contribution is 5.82. The van der Waals surface area contributed by atoms with Crippen LogP contribution in [-0.2, 0) is 9.53 Å². The third-order valence-electron chi connectivity index (χ3n) is 2.72. The molecule has 0 aliphatic rings. The van der Waals surface area contributed by atoms with Crippen LogP contribution in [0, 0.1) is 11.3 Å². The van der Waals surface area contributed by atoms with Crippen LogP contribution in [0.5, 0.6) is 0 Å². The number of carbonyl (C=O) groups is 1. The van der Waals surface area contributed by atoms with Gasteiger partial charge in [0.25, 0.3) is 5.91 Å². The SMILES string of the molecule is COCCN(CCC#N)C(=O)C(O)c1ccccc1. The van der Waals surface area contributed by atoms with Crippen LogP contribution < -0.4 is 0 Å². The number of amides is 1. The second kappa shape index (κ2) is 8.25. The Bertz CT molecular complexity index is 428. The van der Waals surface area contributed by atoms with E-state index in [4.69, 9.17) is 10.00 Å². The molecule has 0 fully saturated rings. The van der Waals surface area contributed by atoms with Crippen molar-refractivity contribution in [1.82, 2.24) is 4.90 Å². The molecule has 0 aliphatic heterocycles. The number of hydrogen-bond acceptors (Lipinski definition) is 4. The maximum absolute atomic E-state index is 12.2. The molecule has 0 bridgehead atoms. The Balaban J connectivity index is 2.72. The first-order valence-corrected chi connectivity index (χ1v) is 6.08. The topological polar surface area (TPSA) is 73.6 Å². The Kier molecular flexibility index (Phi) is 6.58. The van der Waals surface area contributed by atoms with Gasteiger partial charge in [0.05, 0.1) is 19.1 Å². The number of nitrogens with zero attached hydrogens (tertiary/aromatic N) is 2. The maximum Gasteiger partial charge on any atom is 0.256 e. The fraction of sp³-hybridized carbons (Fsp3) is 0.429. The van der Waals surface area contributed by atoms with Gasteiger partial charge in [0.2, 0.25) is 0 Å². The van der Waals surface area contributed by atoms with E-state index in [1.807, 2.05) is 12.1 Å². The molecule has 5 nitrogen and oxygen atoms in total. The monoisotopic (exact) mass is 262 g/mol. The van der Waals surface area contributed by atoms with Crippen molar-refractivity contribution in [3.63, 3.8) is 0 Å². The Hall–Kier alpha value is -1.90. The molecule has 5 heteroatoms. The number of hydrogen-bond donors (Lipinski definition) is 1. The van der Waals surface area contributed by atoms with E-state index in [1.165, 1.54) is 4.90 Å². The van der Waals surface area contributed by atoms with E-state index >= 15 is 0 Å². The number of benzene rings is 1. The summed E-state index contributed by atoms with van der Waals surface area (Å²) in [6.07, 6.45) is -0.964. The predicted octanol–water partition coefficient (Wildman–Crippen LogP) is 1.11. The summed E-state index contributed by atoms with van der Waals surface area (Å²) < 4.78 is 4.93. The fourth-order valence-electron chi connectivity index (χ4n) is 1.67. The standard InChI is InChI=1S/C14H18N2O3/c1-19-11-10-16(9-5-8-15)14(18)13(17)12-6-3-2-4-7-12/h2-4,6-7,13,17H,5,9-11H2,1H3. The number of nitriles is 1. The average Bonchev–Trinajstić information content (AvgIpc) is 2.47. The summed E-state index contributed by atoms with van der Waals surface area (Å²) in [5, 5.41) is 18.6. The van der Waals surface area contributed by atoms with E-state index in [1.54, 1.807) is 31.4 Å². The summed E-state index contributed by atoms with van der Waals surface area (Å²) in [5.74, 6) is -0.404. The lowest BCUT2D eigenvalue weighted by atomic mass is 10.1. The van der Waals surface area contributed by atoms with Crippen molar-refractivity contribution in [2.24, 2.45) is 0 Å². The van der Waals surface area contributed by atoms with E-state index in [0.717, 1.165) is 0 Å². The van der Waals surface area contributed by atoms with Crippen LogP contribution in [0.4, 0.5) is 0 Å². The molecule has 0 spiro atoms. The van der Waals surface area contributed by atoms with Gasteiger partial charge in [-0.25, -0.2) is 0 Å². The van der Waals surface area contributed by atoms with E-state index in [2.05, 4.69) is 0 Å². The van der Waals surface area contributed by atoms with Gasteiger partial charge in [0, 0.05) is 20.2 Å². The van der Waals surface area contributed by atoms with Gasteiger partial charge < -0.3 is 14.7 Å². The molecule has 0 aliphatic carbocycles. The van der Waals surface area contributed by atoms with Crippen molar-refractivity contribution >= 4 is 5.91 Å². The minimum atomic E-state index is -1.20. The quantitative estimate of drug-likeness (QED) is 0.798. The van der Waals surface area contributed by atoms with Crippen LogP contribution in [0.15, 0.2) is 30.3 Å². The number of aliphatic hydroxyl groups is 1. The summed E-state index contributed by atoms with van der Waals surface area (Å²) >= 11 is 0. The van der Waals surface area contributed by atoms with E-state index in [0.29, 0.717) is 25.3 Å². The van der Waals surface area contributed by atoms with Crippen LogP contribution in [0.1, 0.15) is 18.1 Å². The Labute approximate surface area is 113 Å². The van der Waals surface area contributed by atoms with Gasteiger partial charge in [-0.2, -0.15) is 5.26 Å². The van der Waals surface area contributed by atoms with Crippen molar-refractivity contribution < 1.29 is 14.6 Å². The van der Waals surface area contributed by atoms with E-state index in [-0.39, 0.29) is 6.42 Å². The molecule has 1 N–H and O–H groups in total. The van der Waals surface area contributed by atoms with E-state index < -0.39 is 12.0 Å². The van der Waals surface area contributed by atoms with Crippen molar-refractivity contribution in [1.29, 1.82) is 5.26 Å². The van der Waals surface area contributed by atoms with Crippen LogP contribution >= 0.6 is 0 Å². The molecule has 0 saturated heterocycles. The van der Waals surface area contributed by atoms with Crippen LogP contribution in [0.2, 0.25) is 0 Å². The molecule has 19 heavy (non-hydrogen) atoms. The Morgan fingerprint density at radius 1 is 1.42 bits per heavy atom. The Morgan fingerprint density at radius 2 is 2.11 bits per heavy atom. The first-order valence-electron chi connectivity index (χ1n) is 6.08. The molecule has 1 rings (SSSR count). The first kappa shape index (κ1) is 15.2. The normalized spacial score (nSPS) is 11.6. The molecule has 1 aromatic carbocycles. The van der Waals surface area contributed by atoms with Crippen molar-refractivity contribution in [2.75, 3.05) is 26.8 Å². The molecule has 102 valence electrons. The second-order valence-corrected chi connectivity index (χ2v) is 4.04. The van der Waals surface area contributed by atoms with Gasteiger partial charge in [0.1, 0.15) is 0 Å². The van der Waals surface area contributed by atoms with Gasteiger partial charge >= 0.3 is 0 Å². The summed E-state index contributed by atoms with van der Waals surface area (Å²) in [5.41, 5.74) is 0.548. The summed E-state index contributed by atoms with van der Waals surface area (Å²) in [6, 6.07) is 10.7. The first-order chi connectivity index (χ1) is 9.20. The molecule has 1 atom stereocenters. The second-order valence-electron chi connectivity index (χ2n) is 4.04. The number of aliphatic hydroxyl groups excluding tert-OH is 1. The largest absolute Gasteiger partial charge is 0.383 e. The third-order valence-corrected chi connectivity index (χ3v) is 2.72. The maximum atomic E-state index is 12.2. The van der Waals surface area contributed by atoms with Gasteiger partial charge in [-0.3, -0.25) is 4.79 Å². The van der Waals surface area contributed by atoms with Crippen LogP contribution in [0.3, 0.4) is 0 Å². The lowest BCUT2D eigenvalue weighted by Crippen LogP contribution is -2.38. The predicted molar refractivity (Wildman–Crippen MR) is 70.1 cm³/mol. The van der Waals surface area contributed by atoms with Crippen molar-refractivity contribution in [3.8, 4) is 6.07 Å². The molecule has 0 saturated carbocycles. The molecule has 0 heterocycles. The highest BCUT2D eigenvalue weighted by atomic mass is 16.5. The van der Waals surface area contributed by atoms with Gasteiger partial charge in [-0.1, -0.05) is 30.3 Å². The zero-order chi connectivity index (χ0) is 14.1. The van der Waals surface area contributed by atoms with Crippen molar-refractivity contribution in [3.05, 3.63) is 35.9 Å². The van der Waals surface area contributed by atoms with Crippen molar-refractivity contribution in [2.45, 2.75) is 12.5 Å². The number of rotatable bonds is 7. The lowest BCUT2D eigenvalue weighted by Gasteiger charge is -2.24. The molecule has 1 aromatic rings. The summed E-state index contributed by atoms with van der Waals surface area (Å²) in [6.45, 7) is 1.03. The van der Waals surface area contributed by atoms with E-state index in [9.17, 15) is 9.90 Å². The Morgan fingerprint density at radius 3 is 2.68 bits per heavy atom. The van der Waals surface area contributed by atoms with Crippen LogP contribution in [0.25, 0.3) is 0 Å². The minimum Gasteiger partial charge on any atom is -0.383 e. The third kappa shape index (κ3) is 4.70.